The van der Waals surface area contributed by atoms with Crippen LogP contribution in [0.15, 0.2) is 46.6 Å². The maximum atomic E-state index is 12.8. The number of hydrogen-bond acceptors (Lipinski definition) is 6. The van der Waals surface area contributed by atoms with Gasteiger partial charge in [0.2, 0.25) is 5.17 Å². The molecular weight excluding hydrogens is 397 g/mol. The van der Waals surface area contributed by atoms with E-state index in [9.17, 15) is 4.21 Å². The zero-order valence-electron chi connectivity index (χ0n) is 18.5. The van der Waals surface area contributed by atoms with E-state index in [0.29, 0.717) is 36.6 Å². The zero-order chi connectivity index (χ0) is 19.8. The number of allylic oxidation sites excluding steroid dienone is 4. The van der Waals surface area contributed by atoms with Crippen LogP contribution in [0.2, 0.25) is 0 Å². The summed E-state index contributed by atoms with van der Waals surface area (Å²) in [7, 11) is 0.366. The second-order valence-corrected chi connectivity index (χ2v) is 8.20. The van der Waals surface area contributed by atoms with Crippen molar-refractivity contribution in [2.24, 2.45) is 15.9 Å². The van der Waals surface area contributed by atoms with Crippen LogP contribution in [0.25, 0.3) is 0 Å². The van der Waals surface area contributed by atoms with Gasteiger partial charge in [-0.15, -0.1) is 0 Å². The van der Waals surface area contributed by atoms with Crippen LogP contribution < -0.4 is 34.3 Å². The summed E-state index contributed by atoms with van der Waals surface area (Å²) in [6, 6.07) is 1.84. The van der Waals surface area contributed by atoms with Crippen molar-refractivity contribution in [3.8, 4) is 5.75 Å². The van der Waals surface area contributed by atoms with Crippen molar-refractivity contribution in [3.63, 3.8) is 0 Å². The van der Waals surface area contributed by atoms with Crippen LogP contribution in [0, 0.1) is 12.8 Å². The second kappa shape index (κ2) is 12.5. The third-order valence-corrected chi connectivity index (χ3v) is 5.86. The van der Waals surface area contributed by atoms with Crippen LogP contribution in [0.5, 0.6) is 5.75 Å². The Morgan fingerprint density at radius 3 is 2.93 bits per heavy atom. The Morgan fingerprint density at radius 1 is 1.31 bits per heavy atom. The predicted molar refractivity (Wildman–Crippen MR) is 115 cm³/mol. The average molecular weight is 426 g/mol. The molecule has 2 atom stereocenters. The van der Waals surface area contributed by atoms with Gasteiger partial charge in [0.15, 0.2) is 0 Å². The van der Waals surface area contributed by atoms with E-state index < -0.39 is 10.8 Å². The van der Waals surface area contributed by atoms with Gasteiger partial charge >= 0.3 is 29.6 Å². The molecule has 2 heterocycles. The van der Waals surface area contributed by atoms with Crippen molar-refractivity contribution in [2.45, 2.75) is 31.9 Å². The molecule has 29 heavy (non-hydrogen) atoms. The molecule has 0 radical (unpaired) electrons. The molecule has 1 aliphatic carbocycles. The summed E-state index contributed by atoms with van der Waals surface area (Å²) in [5.41, 5.74) is 2.68. The molecule has 152 valence electrons. The number of nitrogens with zero attached hydrogens (tertiary/aromatic N) is 3. The van der Waals surface area contributed by atoms with Gasteiger partial charge in [0.25, 0.3) is 0 Å². The molecular formula is C21H28N3NaO3S. The van der Waals surface area contributed by atoms with Gasteiger partial charge in [-0.25, -0.2) is 4.99 Å². The molecule has 0 aromatic carbocycles. The molecule has 6 nitrogen and oxygen atoms in total. The van der Waals surface area contributed by atoms with E-state index in [1.807, 2.05) is 13.0 Å². The maximum Gasteiger partial charge on any atom is 1.00 e. The SMILES string of the molecule is COCCCOc1ccnc(CS(=O)C2=NCC(CC3C=CC=CC3)=N2)c1C.[H-].[Na+]. The first-order valence-corrected chi connectivity index (χ1v) is 10.9. The van der Waals surface area contributed by atoms with Crippen molar-refractivity contribution in [3.05, 3.63) is 47.8 Å². The molecule has 3 rings (SSSR count). The fourth-order valence-corrected chi connectivity index (χ4v) is 4.23. The molecule has 0 saturated heterocycles. The van der Waals surface area contributed by atoms with Gasteiger partial charge in [-0.05, 0) is 31.7 Å². The number of hydrogen-bond donors (Lipinski definition) is 0. The number of amidine groups is 1. The van der Waals surface area contributed by atoms with Crippen molar-refractivity contribution in [1.82, 2.24) is 4.98 Å². The van der Waals surface area contributed by atoms with E-state index in [4.69, 9.17) is 9.47 Å². The van der Waals surface area contributed by atoms with Gasteiger partial charge in [0.05, 0.1) is 35.4 Å². The molecule has 0 spiro atoms. The largest absolute Gasteiger partial charge is 1.00 e. The standard InChI is InChI=1S/C21H27N3O3S.Na.H/c1-16-19(22-10-9-20(16)27-12-6-11-26-2)15-28(25)21-23-14-18(24-21)13-17-7-4-3-5-8-17;;/h3-5,7,9-10,17H,6,8,11-15H2,1-2H3;;/q;+1;-1. The summed E-state index contributed by atoms with van der Waals surface area (Å²) in [4.78, 5) is 13.3. The van der Waals surface area contributed by atoms with E-state index in [-0.39, 0.29) is 31.0 Å². The van der Waals surface area contributed by atoms with Gasteiger partial charge in [-0.2, -0.15) is 0 Å². The Kier molecular flexibility index (Phi) is 10.4. The minimum absolute atomic E-state index is 0. The predicted octanol–water partition coefficient (Wildman–Crippen LogP) is 0.504. The van der Waals surface area contributed by atoms with Gasteiger partial charge < -0.3 is 10.9 Å². The van der Waals surface area contributed by atoms with E-state index in [0.717, 1.165) is 42.0 Å². The second-order valence-electron chi connectivity index (χ2n) is 6.86. The van der Waals surface area contributed by atoms with Crippen LogP contribution in [0.1, 0.15) is 31.9 Å². The van der Waals surface area contributed by atoms with E-state index >= 15 is 0 Å². The molecule has 1 aliphatic heterocycles. The summed E-state index contributed by atoms with van der Waals surface area (Å²) < 4.78 is 23.6. The smallest absolute Gasteiger partial charge is 1.00 e. The van der Waals surface area contributed by atoms with Crippen molar-refractivity contribution in [2.75, 3.05) is 26.9 Å². The van der Waals surface area contributed by atoms with Crippen LogP contribution in [0.3, 0.4) is 0 Å². The minimum Gasteiger partial charge on any atom is -1.00 e. The minimum atomic E-state index is -1.31. The molecule has 0 bridgehead atoms. The third-order valence-electron chi connectivity index (χ3n) is 4.70. The third kappa shape index (κ3) is 7.26. The number of pyridine rings is 1. The first-order chi connectivity index (χ1) is 13.7. The van der Waals surface area contributed by atoms with Gasteiger partial charge in [-0.3, -0.25) is 14.2 Å². The Morgan fingerprint density at radius 2 is 2.17 bits per heavy atom. The molecule has 2 unspecified atom stereocenters. The number of aliphatic imine (C=N–C) groups is 2. The monoisotopic (exact) mass is 425 g/mol. The van der Waals surface area contributed by atoms with Crippen LogP contribution >= 0.6 is 0 Å². The molecule has 0 amide bonds. The Hall–Kier alpha value is -1.12. The fourth-order valence-electron chi connectivity index (χ4n) is 3.12. The number of aromatic nitrogens is 1. The molecule has 0 saturated carbocycles. The molecule has 1 aromatic heterocycles. The molecule has 2 aliphatic rings. The van der Waals surface area contributed by atoms with Gasteiger partial charge in [-0.1, -0.05) is 24.3 Å². The summed E-state index contributed by atoms with van der Waals surface area (Å²) >= 11 is 0. The maximum absolute atomic E-state index is 12.8. The van der Waals surface area contributed by atoms with E-state index in [1.165, 1.54) is 0 Å². The van der Waals surface area contributed by atoms with Crippen LogP contribution in [0.4, 0.5) is 0 Å². The van der Waals surface area contributed by atoms with Gasteiger partial charge in [0.1, 0.15) is 5.75 Å². The summed E-state index contributed by atoms with van der Waals surface area (Å²) in [5, 5.41) is 0.429. The average Bonchev–Trinajstić information content (AvgIpc) is 3.17. The molecule has 0 fully saturated rings. The fraction of sp³-hybridized carbons (Fsp3) is 0.476. The zero-order valence-corrected chi connectivity index (χ0v) is 20.3. The summed E-state index contributed by atoms with van der Waals surface area (Å²) in [6.45, 7) is 3.73. The number of ether oxygens (including phenoxy) is 2. The normalized spacial score (nSPS) is 18.8. The van der Waals surface area contributed by atoms with Crippen LogP contribution in [-0.2, 0) is 21.3 Å². The van der Waals surface area contributed by atoms with E-state index in [1.54, 1.807) is 13.3 Å². The first kappa shape index (κ1) is 24.2. The van der Waals surface area contributed by atoms with E-state index in [2.05, 4.69) is 39.3 Å². The van der Waals surface area contributed by atoms with Crippen LogP contribution in [-0.4, -0.2) is 46.9 Å². The number of methoxy groups -OCH3 is 1. The molecule has 1 aromatic rings. The Labute approximate surface area is 198 Å². The summed E-state index contributed by atoms with van der Waals surface area (Å²) in [6.07, 6.45) is 12.9. The van der Waals surface area contributed by atoms with Crippen molar-refractivity contribution in [1.29, 1.82) is 0 Å². The Bertz CT molecular complexity index is 843. The first-order valence-electron chi connectivity index (χ1n) is 9.56. The molecule has 0 N–H and O–H groups in total. The summed E-state index contributed by atoms with van der Waals surface area (Å²) in [5.74, 6) is 1.53. The Balaban J connectivity index is 0.00000225. The number of rotatable bonds is 9. The van der Waals surface area contributed by atoms with Crippen molar-refractivity contribution < 1.29 is 44.7 Å². The topological polar surface area (TPSA) is 73.1 Å². The van der Waals surface area contributed by atoms with Crippen molar-refractivity contribution >= 4 is 21.7 Å². The quantitative estimate of drug-likeness (QED) is 0.427. The van der Waals surface area contributed by atoms with Gasteiger partial charge in [0, 0.05) is 37.6 Å². The molecule has 8 heteroatoms.